The molecule has 1 aromatic heterocycles. The van der Waals surface area contributed by atoms with Gasteiger partial charge in [-0.15, -0.1) is 0 Å². The van der Waals surface area contributed by atoms with Gasteiger partial charge in [0.25, 0.3) is 0 Å². The molecular formula is C17H16BrNO5. The van der Waals surface area contributed by atoms with E-state index in [1.165, 1.54) is 7.11 Å². The maximum Gasteiger partial charge on any atom is 0.350 e. The zero-order valence-electron chi connectivity index (χ0n) is 13.2. The van der Waals surface area contributed by atoms with Crippen LogP contribution in [-0.4, -0.2) is 19.2 Å². The number of aryl methyl sites for hydroxylation is 1. The monoisotopic (exact) mass is 393 g/mol. The molecular weight excluding hydrogens is 378 g/mol. The molecule has 0 radical (unpaired) electrons. The molecule has 0 N–H and O–H groups in total. The van der Waals surface area contributed by atoms with Gasteiger partial charge in [-0.3, -0.25) is 4.84 Å². The number of halogens is 1. The number of methoxy groups -OCH3 is 1. The van der Waals surface area contributed by atoms with Gasteiger partial charge in [0.2, 0.25) is 0 Å². The van der Waals surface area contributed by atoms with Crippen molar-refractivity contribution in [3.8, 4) is 0 Å². The number of nitrogens with zero attached hydrogens (tertiary/aromatic N) is 1. The molecule has 1 aliphatic rings. The van der Waals surface area contributed by atoms with Gasteiger partial charge in [-0.2, -0.15) is 0 Å². The molecule has 0 spiro atoms. The summed E-state index contributed by atoms with van der Waals surface area (Å²) >= 11 is 3.20. The van der Waals surface area contributed by atoms with E-state index < -0.39 is 23.7 Å². The number of ether oxygens (including phenoxy) is 1. The first kappa shape index (κ1) is 16.7. The van der Waals surface area contributed by atoms with Gasteiger partial charge in [0.1, 0.15) is 16.3 Å². The summed E-state index contributed by atoms with van der Waals surface area (Å²) in [6.07, 6.45) is -0.430. The van der Waals surface area contributed by atoms with Crippen LogP contribution in [0.1, 0.15) is 23.8 Å². The van der Waals surface area contributed by atoms with E-state index in [4.69, 9.17) is 14.0 Å². The first-order valence-electron chi connectivity index (χ1n) is 7.40. The third kappa shape index (κ3) is 3.09. The van der Waals surface area contributed by atoms with Crippen molar-refractivity contribution < 1.29 is 18.8 Å². The maximum atomic E-state index is 12.0. The van der Waals surface area contributed by atoms with Crippen molar-refractivity contribution in [2.24, 2.45) is 0 Å². The molecule has 24 heavy (non-hydrogen) atoms. The first-order chi connectivity index (χ1) is 11.5. The Bertz CT molecular complexity index is 804. The molecule has 0 amide bonds. The van der Waals surface area contributed by atoms with Crippen LogP contribution in [0.25, 0.3) is 0 Å². The van der Waals surface area contributed by atoms with Crippen molar-refractivity contribution in [3.05, 3.63) is 62.6 Å². The number of para-hydroxylation sites is 1. The number of hydroxylamine groups is 1. The first-order valence-corrected chi connectivity index (χ1v) is 8.19. The Hall–Kier alpha value is -2.12. The van der Waals surface area contributed by atoms with E-state index in [1.807, 2.05) is 37.3 Å². The number of hydrogen-bond acceptors (Lipinski definition) is 6. The van der Waals surface area contributed by atoms with Gasteiger partial charge < -0.3 is 9.15 Å². The summed E-state index contributed by atoms with van der Waals surface area (Å²) < 4.78 is 10.6. The smallest absolute Gasteiger partial charge is 0.350 e. The maximum absolute atomic E-state index is 12.0. The van der Waals surface area contributed by atoms with Crippen LogP contribution in [0.5, 0.6) is 0 Å². The molecule has 7 heteroatoms. The minimum atomic E-state index is -0.755. The summed E-state index contributed by atoms with van der Waals surface area (Å²) in [5.74, 6) is -0.0226. The molecule has 2 aromatic rings. The quantitative estimate of drug-likeness (QED) is 0.746. The van der Waals surface area contributed by atoms with Crippen LogP contribution >= 0.6 is 15.9 Å². The molecule has 0 aliphatic carbocycles. The predicted molar refractivity (Wildman–Crippen MR) is 90.6 cm³/mol. The normalized spacial score (nSPS) is 20.2. The fourth-order valence-corrected chi connectivity index (χ4v) is 2.85. The molecule has 1 unspecified atom stereocenters. The molecule has 6 nitrogen and oxygen atoms in total. The highest BCUT2D eigenvalue weighted by atomic mass is 79.9. The van der Waals surface area contributed by atoms with Crippen LogP contribution in [0.2, 0.25) is 0 Å². The largest absolute Gasteiger partial charge is 0.467 e. The van der Waals surface area contributed by atoms with Gasteiger partial charge in [-0.05, 0) is 46.6 Å². The third-order valence-electron chi connectivity index (χ3n) is 3.86. The minimum absolute atomic E-state index is 0.325. The molecule has 1 aromatic carbocycles. The Morgan fingerprint density at radius 1 is 1.33 bits per heavy atom. The van der Waals surface area contributed by atoms with Crippen LogP contribution in [0.4, 0.5) is 5.69 Å². The lowest BCUT2D eigenvalue weighted by molar-refractivity contribution is -0.151. The van der Waals surface area contributed by atoms with Crippen LogP contribution in [0, 0.1) is 6.92 Å². The van der Waals surface area contributed by atoms with E-state index in [-0.39, 0.29) is 0 Å². The van der Waals surface area contributed by atoms with E-state index in [2.05, 4.69) is 15.9 Å². The highest BCUT2D eigenvalue weighted by Crippen LogP contribution is 2.38. The van der Waals surface area contributed by atoms with Crippen LogP contribution in [0.15, 0.2) is 50.1 Å². The predicted octanol–water partition coefficient (Wildman–Crippen LogP) is 3.14. The van der Waals surface area contributed by atoms with E-state index in [0.717, 1.165) is 11.3 Å². The van der Waals surface area contributed by atoms with Crippen molar-refractivity contribution in [1.29, 1.82) is 0 Å². The Labute approximate surface area is 147 Å². The van der Waals surface area contributed by atoms with Crippen LogP contribution < -0.4 is 10.7 Å². The summed E-state index contributed by atoms with van der Waals surface area (Å²) in [4.78, 5) is 29.6. The van der Waals surface area contributed by atoms with Crippen molar-refractivity contribution >= 4 is 27.6 Å². The number of anilines is 1. The molecule has 126 valence electrons. The topological polar surface area (TPSA) is 69.0 Å². The zero-order chi connectivity index (χ0) is 17.3. The number of carbonyl (C=O) groups excluding carboxylic acids is 1. The summed E-state index contributed by atoms with van der Waals surface area (Å²) in [5.41, 5.74) is 1.06. The molecule has 0 bridgehead atoms. The van der Waals surface area contributed by atoms with E-state index in [1.54, 1.807) is 11.1 Å². The second-order valence-corrected chi connectivity index (χ2v) is 6.26. The second-order valence-electron chi connectivity index (χ2n) is 5.46. The highest BCUT2D eigenvalue weighted by Gasteiger charge is 2.41. The van der Waals surface area contributed by atoms with E-state index in [9.17, 15) is 9.59 Å². The molecule has 1 saturated heterocycles. The SMILES string of the molecule is COC(=O)C1C[C@H](c2cc(C)c(Br)c(=O)o2)N(c2ccccc2)O1. The molecule has 0 saturated carbocycles. The average Bonchev–Trinajstić information content (AvgIpc) is 3.04. The molecule has 2 heterocycles. The van der Waals surface area contributed by atoms with E-state index in [0.29, 0.717) is 16.7 Å². The Morgan fingerprint density at radius 2 is 2.04 bits per heavy atom. The summed E-state index contributed by atoms with van der Waals surface area (Å²) in [7, 11) is 1.32. The van der Waals surface area contributed by atoms with Crippen LogP contribution in [0.3, 0.4) is 0 Å². The van der Waals surface area contributed by atoms with E-state index >= 15 is 0 Å². The van der Waals surface area contributed by atoms with Crippen LogP contribution in [-0.2, 0) is 14.4 Å². The number of hydrogen-bond donors (Lipinski definition) is 0. The second kappa shape index (κ2) is 6.78. The highest BCUT2D eigenvalue weighted by molar-refractivity contribution is 9.10. The van der Waals surface area contributed by atoms with Gasteiger partial charge in [-0.1, -0.05) is 18.2 Å². The van der Waals surface area contributed by atoms with Gasteiger partial charge in [-0.25, -0.2) is 14.7 Å². The molecule has 3 rings (SSSR count). The lowest BCUT2D eigenvalue weighted by Crippen LogP contribution is -2.25. The lowest BCUT2D eigenvalue weighted by Gasteiger charge is -2.23. The van der Waals surface area contributed by atoms with Gasteiger partial charge in [0.15, 0.2) is 6.10 Å². The number of esters is 1. The fraction of sp³-hybridized carbons (Fsp3) is 0.294. The zero-order valence-corrected chi connectivity index (χ0v) is 14.8. The van der Waals surface area contributed by atoms with Gasteiger partial charge in [0, 0.05) is 6.42 Å². The lowest BCUT2D eigenvalue weighted by atomic mass is 10.1. The Kier molecular flexibility index (Phi) is 4.73. The van der Waals surface area contributed by atoms with Gasteiger partial charge in [0.05, 0.1) is 12.8 Å². The number of carbonyl (C=O) groups is 1. The minimum Gasteiger partial charge on any atom is -0.467 e. The molecule has 1 fully saturated rings. The summed E-state index contributed by atoms with van der Waals surface area (Å²) in [6.45, 7) is 1.81. The van der Waals surface area contributed by atoms with Crippen molar-refractivity contribution in [1.82, 2.24) is 0 Å². The van der Waals surface area contributed by atoms with Crippen molar-refractivity contribution in [3.63, 3.8) is 0 Å². The fourth-order valence-electron chi connectivity index (χ4n) is 2.65. The Balaban J connectivity index is 2.02. The summed E-state index contributed by atoms with van der Waals surface area (Å²) in [5, 5.41) is 1.59. The Morgan fingerprint density at radius 3 is 2.67 bits per heavy atom. The van der Waals surface area contributed by atoms with Gasteiger partial charge >= 0.3 is 11.6 Å². The van der Waals surface area contributed by atoms with Crippen molar-refractivity contribution in [2.45, 2.75) is 25.5 Å². The third-order valence-corrected chi connectivity index (χ3v) is 4.81. The van der Waals surface area contributed by atoms with Crippen molar-refractivity contribution in [2.75, 3.05) is 12.2 Å². The average molecular weight is 394 g/mol. The number of benzene rings is 1. The molecule has 2 atom stereocenters. The molecule has 1 aliphatic heterocycles. The summed E-state index contributed by atoms with van der Waals surface area (Å²) in [6, 6.07) is 10.7. The number of rotatable bonds is 3. The standard InChI is InChI=1S/C17H16BrNO5/c1-10-8-13(23-17(21)15(10)18)12-9-14(16(20)22-2)24-19(12)11-6-4-3-5-7-11/h3-8,12,14H,9H2,1-2H3/t12-,14?/m1/s1.